The molecule has 0 amide bonds. The Morgan fingerprint density at radius 2 is 2.28 bits per heavy atom. The maximum Gasteiger partial charge on any atom is 0.181 e. The molecule has 0 radical (unpaired) electrons. The van der Waals surface area contributed by atoms with E-state index >= 15 is 0 Å². The van der Waals surface area contributed by atoms with Crippen LogP contribution in [0, 0.1) is 6.92 Å². The van der Waals surface area contributed by atoms with Gasteiger partial charge >= 0.3 is 0 Å². The van der Waals surface area contributed by atoms with Crippen LogP contribution in [0.15, 0.2) is 18.2 Å². The van der Waals surface area contributed by atoms with Crippen molar-refractivity contribution in [3.05, 3.63) is 29.3 Å². The molecule has 4 nitrogen and oxygen atoms in total. The topological polar surface area (TPSA) is 41.6 Å². The predicted molar refractivity (Wildman–Crippen MR) is 71.3 cm³/mol. The van der Waals surface area contributed by atoms with Crippen LogP contribution in [0.3, 0.4) is 0 Å². The molecule has 2 rings (SSSR count). The van der Waals surface area contributed by atoms with Gasteiger partial charge in [0.05, 0.1) is 13.2 Å². The number of piperazine rings is 1. The fourth-order valence-electron chi connectivity index (χ4n) is 2.32. The molecular formula is C14H20N2O2. The second kappa shape index (κ2) is 5.50. The van der Waals surface area contributed by atoms with Crippen molar-refractivity contribution in [2.45, 2.75) is 13.0 Å². The summed E-state index contributed by atoms with van der Waals surface area (Å²) in [5.74, 6) is 0.997. The average Bonchev–Trinajstić information content (AvgIpc) is 2.38. The van der Waals surface area contributed by atoms with E-state index < -0.39 is 0 Å². The molecule has 1 aromatic carbocycles. The highest BCUT2D eigenvalue weighted by Crippen LogP contribution is 2.20. The number of nitrogens with zero attached hydrogens (tertiary/aromatic N) is 1. The molecule has 0 bridgehead atoms. The first-order valence-electron chi connectivity index (χ1n) is 6.23. The largest absolute Gasteiger partial charge is 0.496 e. The summed E-state index contributed by atoms with van der Waals surface area (Å²) in [6.07, 6.45) is 0. The molecule has 1 unspecified atom stereocenters. The van der Waals surface area contributed by atoms with Gasteiger partial charge in [-0.25, -0.2) is 0 Å². The Bertz CT molecular complexity index is 445. The van der Waals surface area contributed by atoms with Crippen LogP contribution in [0.25, 0.3) is 0 Å². The summed E-state index contributed by atoms with van der Waals surface area (Å²) in [7, 11) is 3.64. The number of ether oxygens (including phenoxy) is 1. The summed E-state index contributed by atoms with van der Waals surface area (Å²) < 4.78 is 5.21. The highest BCUT2D eigenvalue weighted by Gasteiger charge is 2.26. The normalized spacial score (nSPS) is 20.7. The number of rotatable bonds is 3. The maximum atomic E-state index is 12.4. The van der Waals surface area contributed by atoms with E-state index in [1.165, 1.54) is 0 Å². The molecule has 1 aliphatic rings. The van der Waals surface area contributed by atoms with E-state index in [0.717, 1.165) is 36.5 Å². The third kappa shape index (κ3) is 2.54. The molecule has 18 heavy (non-hydrogen) atoms. The van der Waals surface area contributed by atoms with Crippen LogP contribution in [0.5, 0.6) is 5.75 Å². The zero-order valence-corrected chi connectivity index (χ0v) is 11.2. The van der Waals surface area contributed by atoms with Crippen LogP contribution in [0.4, 0.5) is 0 Å². The van der Waals surface area contributed by atoms with Crippen molar-refractivity contribution in [3.8, 4) is 5.75 Å². The highest BCUT2D eigenvalue weighted by atomic mass is 16.5. The minimum absolute atomic E-state index is 0.0634. The molecule has 0 aliphatic carbocycles. The van der Waals surface area contributed by atoms with Crippen LogP contribution in [0.1, 0.15) is 15.9 Å². The number of likely N-dealkylation sites (N-methyl/N-ethyl adjacent to an activating group) is 1. The number of benzene rings is 1. The SMILES string of the molecule is COc1ccc(C(=O)C2CNCCN2C)cc1C. The minimum atomic E-state index is -0.0634. The molecule has 1 saturated heterocycles. The lowest BCUT2D eigenvalue weighted by atomic mass is 10.00. The van der Waals surface area contributed by atoms with Crippen LogP contribution in [-0.4, -0.2) is 50.5 Å². The van der Waals surface area contributed by atoms with Gasteiger partial charge in [-0.05, 0) is 37.7 Å². The van der Waals surface area contributed by atoms with Crippen LogP contribution in [-0.2, 0) is 0 Å². The lowest BCUT2D eigenvalue weighted by molar-refractivity contribution is 0.0819. The van der Waals surface area contributed by atoms with E-state index in [2.05, 4.69) is 10.2 Å². The van der Waals surface area contributed by atoms with Crippen molar-refractivity contribution in [1.29, 1.82) is 0 Å². The van der Waals surface area contributed by atoms with Crippen molar-refractivity contribution in [2.24, 2.45) is 0 Å². The Labute approximate surface area is 108 Å². The first kappa shape index (κ1) is 13.1. The van der Waals surface area contributed by atoms with Gasteiger partial charge in [0, 0.05) is 25.2 Å². The van der Waals surface area contributed by atoms with E-state index in [-0.39, 0.29) is 11.8 Å². The van der Waals surface area contributed by atoms with Crippen LogP contribution in [0.2, 0.25) is 0 Å². The summed E-state index contributed by atoms with van der Waals surface area (Å²) in [5, 5.41) is 3.27. The fraction of sp³-hybridized carbons (Fsp3) is 0.500. The zero-order chi connectivity index (χ0) is 13.1. The van der Waals surface area contributed by atoms with Crippen LogP contribution < -0.4 is 10.1 Å². The van der Waals surface area contributed by atoms with Gasteiger partial charge in [-0.15, -0.1) is 0 Å². The molecule has 1 fully saturated rings. The number of hydrogen-bond acceptors (Lipinski definition) is 4. The summed E-state index contributed by atoms with van der Waals surface area (Å²) in [6.45, 7) is 4.53. The quantitative estimate of drug-likeness (QED) is 0.813. The first-order valence-corrected chi connectivity index (χ1v) is 6.23. The molecule has 1 heterocycles. The Morgan fingerprint density at radius 3 is 2.89 bits per heavy atom. The van der Waals surface area contributed by atoms with Gasteiger partial charge in [0.25, 0.3) is 0 Å². The monoisotopic (exact) mass is 248 g/mol. The third-order valence-electron chi connectivity index (χ3n) is 3.49. The minimum Gasteiger partial charge on any atom is -0.496 e. The van der Waals surface area contributed by atoms with Gasteiger partial charge in [-0.2, -0.15) is 0 Å². The second-order valence-corrected chi connectivity index (χ2v) is 4.75. The Kier molecular flexibility index (Phi) is 3.99. The first-order chi connectivity index (χ1) is 8.63. The van der Waals surface area contributed by atoms with E-state index in [9.17, 15) is 4.79 Å². The third-order valence-corrected chi connectivity index (χ3v) is 3.49. The molecule has 98 valence electrons. The molecule has 4 heteroatoms. The van der Waals surface area contributed by atoms with Crippen molar-refractivity contribution in [1.82, 2.24) is 10.2 Å². The lowest BCUT2D eigenvalue weighted by Gasteiger charge is -2.32. The molecule has 1 aromatic rings. The number of Topliss-reactive ketones (excluding diaryl/α,β-unsaturated/α-hetero) is 1. The Morgan fingerprint density at radius 1 is 1.50 bits per heavy atom. The van der Waals surface area contributed by atoms with Crippen LogP contribution >= 0.6 is 0 Å². The van der Waals surface area contributed by atoms with Gasteiger partial charge in [0.2, 0.25) is 0 Å². The van der Waals surface area contributed by atoms with E-state index in [1.54, 1.807) is 7.11 Å². The molecule has 1 atom stereocenters. The Hall–Kier alpha value is -1.39. The van der Waals surface area contributed by atoms with E-state index in [4.69, 9.17) is 4.74 Å². The standard InChI is InChI=1S/C14H20N2O2/c1-10-8-11(4-5-13(10)18-3)14(17)12-9-15-6-7-16(12)2/h4-5,8,12,15H,6-7,9H2,1-3H3. The predicted octanol–water partition coefficient (Wildman–Crippen LogP) is 1.09. The number of carbonyl (C=O) groups excluding carboxylic acids is 1. The number of carbonyl (C=O) groups is 1. The summed E-state index contributed by atoms with van der Waals surface area (Å²) >= 11 is 0. The molecule has 1 N–H and O–H groups in total. The lowest BCUT2D eigenvalue weighted by Crippen LogP contribution is -2.53. The molecule has 0 saturated carbocycles. The summed E-state index contributed by atoms with van der Waals surface area (Å²) in [4.78, 5) is 14.5. The van der Waals surface area contributed by atoms with Gasteiger partial charge in [-0.3, -0.25) is 9.69 Å². The zero-order valence-electron chi connectivity index (χ0n) is 11.2. The van der Waals surface area contributed by atoms with E-state index in [0.29, 0.717) is 0 Å². The van der Waals surface area contributed by atoms with Crippen molar-refractivity contribution in [3.63, 3.8) is 0 Å². The summed E-state index contributed by atoms with van der Waals surface area (Å²) in [5.41, 5.74) is 1.75. The average molecular weight is 248 g/mol. The molecule has 0 spiro atoms. The molecular weight excluding hydrogens is 228 g/mol. The number of ketones is 1. The van der Waals surface area contributed by atoms with Gasteiger partial charge < -0.3 is 10.1 Å². The second-order valence-electron chi connectivity index (χ2n) is 4.75. The number of nitrogens with one attached hydrogen (secondary N) is 1. The number of methoxy groups -OCH3 is 1. The van der Waals surface area contributed by atoms with Gasteiger partial charge in [-0.1, -0.05) is 0 Å². The molecule has 1 aliphatic heterocycles. The van der Waals surface area contributed by atoms with E-state index in [1.807, 2.05) is 32.2 Å². The maximum absolute atomic E-state index is 12.4. The number of aryl methyl sites for hydroxylation is 1. The number of hydrogen-bond donors (Lipinski definition) is 1. The molecule has 0 aromatic heterocycles. The highest BCUT2D eigenvalue weighted by molar-refractivity contribution is 6.00. The van der Waals surface area contributed by atoms with Gasteiger partial charge in [0.15, 0.2) is 5.78 Å². The van der Waals surface area contributed by atoms with Crippen molar-refractivity contribution >= 4 is 5.78 Å². The van der Waals surface area contributed by atoms with Crippen molar-refractivity contribution in [2.75, 3.05) is 33.8 Å². The van der Waals surface area contributed by atoms with Gasteiger partial charge in [0.1, 0.15) is 5.75 Å². The smallest absolute Gasteiger partial charge is 0.181 e. The Balaban J connectivity index is 2.20. The van der Waals surface area contributed by atoms with Crippen molar-refractivity contribution < 1.29 is 9.53 Å². The fourth-order valence-corrected chi connectivity index (χ4v) is 2.32. The summed E-state index contributed by atoms with van der Waals surface area (Å²) in [6, 6.07) is 5.55.